The molecule has 0 fully saturated rings. The highest BCUT2D eigenvalue weighted by Gasteiger charge is 2.12. The van der Waals surface area contributed by atoms with E-state index >= 15 is 0 Å². The van der Waals surface area contributed by atoms with Crippen LogP contribution in [0.5, 0.6) is 0 Å². The van der Waals surface area contributed by atoms with E-state index in [1.165, 1.54) is 22.5 Å². The average molecular weight is 365 g/mol. The van der Waals surface area contributed by atoms with Crippen LogP contribution in [0.3, 0.4) is 0 Å². The van der Waals surface area contributed by atoms with Crippen LogP contribution in [-0.2, 0) is 5.75 Å². The molecule has 0 saturated heterocycles. The first-order valence-corrected chi connectivity index (χ1v) is 7.92. The van der Waals surface area contributed by atoms with Crippen molar-refractivity contribution in [1.29, 1.82) is 0 Å². The zero-order chi connectivity index (χ0) is 14.7. The molecule has 0 amide bonds. The van der Waals surface area contributed by atoms with Gasteiger partial charge in [0.05, 0.1) is 0 Å². The van der Waals surface area contributed by atoms with Crippen molar-refractivity contribution in [3.8, 4) is 5.69 Å². The van der Waals surface area contributed by atoms with Gasteiger partial charge in [-0.3, -0.25) is 0 Å². The maximum atomic E-state index is 13.8. The number of thioether (sulfide) groups is 1. The first-order chi connectivity index (χ1) is 10.2. The molecule has 0 aliphatic carbocycles. The van der Waals surface area contributed by atoms with Crippen molar-refractivity contribution in [2.75, 3.05) is 0 Å². The van der Waals surface area contributed by atoms with Gasteiger partial charge in [0, 0.05) is 10.2 Å². The van der Waals surface area contributed by atoms with Gasteiger partial charge in [0.15, 0.2) is 0 Å². The van der Waals surface area contributed by atoms with Crippen LogP contribution in [0.15, 0.2) is 58.2 Å². The van der Waals surface area contributed by atoms with Gasteiger partial charge in [-0.05, 0) is 40.3 Å². The van der Waals surface area contributed by atoms with Crippen molar-refractivity contribution < 1.29 is 4.39 Å². The summed E-state index contributed by atoms with van der Waals surface area (Å²) in [5.74, 6) is 0.359. The Balaban J connectivity index is 1.80. The second-order valence-electron chi connectivity index (χ2n) is 4.24. The summed E-state index contributed by atoms with van der Waals surface area (Å²) in [5, 5.41) is 12.0. The minimum atomic E-state index is -0.352. The number of rotatable bonds is 4. The molecule has 0 unspecified atom stereocenters. The quantitative estimate of drug-likeness (QED) is 0.659. The Labute approximate surface area is 133 Å². The number of para-hydroxylation sites is 1. The molecule has 0 atom stereocenters. The summed E-state index contributed by atoms with van der Waals surface area (Å²) >= 11 is 4.86. The highest BCUT2D eigenvalue weighted by atomic mass is 79.9. The summed E-state index contributed by atoms with van der Waals surface area (Å²) in [6.07, 6.45) is 0. The van der Waals surface area contributed by atoms with E-state index in [9.17, 15) is 4.39 Å². The monoisotopic (exact) mass is 364 g/mol. The van der Waals surface area contributed by atoms with Crippen LogP contribution in [0.4, 0.5) is 4.39 Å². The Hall–Kier alpha value is -1.73. The van der Waals surface area contributed by atoms with Gasteiger partial charge >= 0.3 is 0 Å². The average Bonchev–Trinajstić information content (AvgIpc) is 2.95. The zero-order valence-electron chi connectivity index (χ0n) is 10.8. The van der Waals surface area contributed by atoms with Crippen molar-refractivity contribution >= 4 is 27.7 Å². The van der Waals surface area contributed by atoms with E-state index in [0.717, 1.165) is 10.0 Å². The van der Waals surface area contributed by atoms with Crippen molar-refractivity contribution in [3.05, 3.63) is 64.4 Å². The van der Waals surface area contributed by atoms with Crippen LogP contribution in [0.1, 0.15) is 5.56 Å². The third-order valence-electron chi connectivity index (χ3n) is 2.80. The first-order valence-electron chi connectivity index (χ1n) is 6.14. The Morgan fingerprint density at radius 2 is 1.86 bits per heavy atom. The highest BCUT2D eigenvalue weighted by Crippen LogP contribution is 2.24. The third kappa shape index (κ3) is 3.30. The topological polar surface area (TPSA) is 43.6 Å². The fourth-order valence-corrected chi connectivity index (χ4v) is 2.88. The van der Waals surface area contributed by atoms with Crippen LogP contribution >= 0.6 is 27.7 Å². The highest BCUT2D eigenvalue weighted by molar-refractivity contribution is 9.10. The lowest BCUT2D eigenvalue weighted by Crippen LogP contribution is -2.01. The van der Waals surface area contributed by atoms with E-state index in [0.29, 0.717) is 16.6 Å². The maximum Gasteiger partial charge on any atom is 0.214 e. The number of hydrogen-bond donors (Lipinski definition) is 0. The molecule has 3 rings (SSSR count). The van der Waals surface area contributed by atoms with E-state index in [4.69, 9.17) is 0 Å². The SMILES string of the molecule is Fc1ccccc1-n1nnnc1SCc1ccc(Br)cc1. The van der Waals surface area contributed by atoms with E-state index < -0.39 is 0 Å². The molecular formula is C14H10BrFN4S. The summed E-state index contributed by atoms with van der Waals surface area (Å²) in [7, 11) is 0. The van der Waals surface area contributed by atoms with Crippen molar-refractivity contribution in [3.63, 3.8) is 0 Å². The minimum Gasteiger partial charge on any atom is -0.205 e. The molecule has 0 radical (unpaired) electrons. The molecule has 0 saturated carbocycles. The van der Waals surface area contributed by atoms with Crippen LogP contribution in [0, 0.1) is 5.82 Å². The van der Waals surface area contributed by atoms with Crippen LogP contribution in [0.25, 0.3) is 5.69 Å². The zero-order valence-corrected chi connectivity index (χ0v) is 13.2. The van der Waals surface area contributed by atoms with E-state index in [1.54, 1.807) is 18.2 Å². The Bertz CT molecular complexity index is 745. The van der Waals surface area contributed by atoms with Gasteiger partial charge in [-0.25, -0.2) is 4.39 Å². The molecule has 0 aliphatic heterocycles. The summed E-state index contributed by atoms with van der Waals surface area (Å²) in [4.78, 5) is 0. The number of tetrazole rings is 1. The molecule has 7 heteroatoms. The van der Waals surface area contributed by atoms with Crippen LogP contribution in [0.2, 0.25) is 0 Å². The van der Waals surface area contributed by atoms with Gasteiger partial charge in [-0.1, -0.05) is 52.0 Å². The largest absolute Gasteiger partial charge is 0.214 e. The van der Waals surface area contributed by atoms with Gasteiger partial charge in [0.25, 0.3) is 0 Å². The second-order valence-corrected chi connectivity index (χ2v) is 6.10. The van der Waals surface area contributed by atoms with Gasteiger partial charge in [-0.15, -0.1) is 5.10 Å². The lowest BCUT2D eigenvalue weighted by atomic mass is 10.2. The predicted molar refractivity (Wildman–Crippen MR) is 82.8 cm³/mol. The molecule has 21 heavy (non-hydrogen) atoms. The first kappa shape index (κ1) is 14.2. The summed E-state index contributed by atoms with van der Waals surface area (Å²) in [6, 6.07) is 14.4. The molecule has 0 bridgehead atoms. The summed E-state index contributed by atoms with van der Waals surface area (Å²) in [6.45, 7) is 0. The number of aromatic nitrogens is 4. The molecule has 1 heterocycles. The number of benzene rings is 2. The lowest BCUT2D eigenvalue weighted by molar-refractivity contribution is 0.599. The van der Waals surface area contributed by atoms with Gasteiger partial charge in [-0.2, -0.15) is 4.68 Å². The fraction of sp³-hybridized carbons (Fsp3) is 0.0714. The standard InChI is InChI=1S/C14H10BrFN4S/c15-11-7-5-10(6-8-11)9-21-14-17-18-19-20(14)13-4-2-1-3-12(13)16/h1-8H,9H2. The summed E-state index contributed by atoms with van der Waals surface area (Å²) < 4.78 is 16.3. The number of halogens is 2. The van der Waals surface area contributed by atoms with Crippen molar-refractivity contribution in [2.24, 2.45) is 0 Å². The maximum absolute atomic E-state index is 13.8. The molecule has 106 valence electrons. The second kappa shape index (κ2) is 6.36. The minimum absolute atomic E-state index is 0.348. The van der Waals surface area contributed by atoms with Gasteiger partial charge < -0.3 is 0 Å². The van der Waals surface area contributed by atoms with Gasteiger partial charge in [0.1, 0.15) is 11.5 Å². The van der Waals surface area contributed by atoms with Crippen LogP contribution < -0.4 is 0 Å². The molecule has 0 spiro atoms. The smallest absolute Gasteiger partial charge is 0.205 e. The number of nitrogens with zero attached hydrogens (tertiary/aromatic N) is 4. The molecule has 4 nitrogen and oxygen atoms in total. The van der Waals surface area contributed by atoms with Crippen LogP contribution in [-0.4, -0.2) is 20.2 Å². The molecule has 0 N–H and O–H groups in total. The molecule has 2 aromatic carbocycles. The van der Waals surface area contributed by atoms with E-state index in [-0.39, 0.29) is 5.82 Å². The van der Waals surface area contributed by atoms with Crippen molar-refractivity contribution in [1.82, 2.24) is 20.2 Å². The lowest BCUT2D eigenvalue weighted by Gasteiger charge is -2.05. The Kier molecular flexibility index (Phi) is 4.31. The van der Waals surface area contributed by atoms with E-state index in [2.05, 4.69) is 31.5 Å². The summed E-state index contributed by atoms with van der Waals surface area (Å²) in [5.41, 5.74) is 1.49. The normalized spacial score (nSPS) is 10.8. The van der Waals surface area contributed by atoms with E-state index in [1.807, 2.05) is 24.3 Å². The fourth-order valence-electron chi connectivity index (χ4n) is 1.77. The Morgan fingerprint density at radius 3 is 2.62 bits per heavy atom. The van der Waals surface area contributed by atoms with Crippen molar-refractivity contribution in [2.45, 2.75) is 10.9 Å². The number of hydrogen-bond acceptors (Lipinski definition) is 4. The molecular weight excluding hydrogens is 355 g/mol. The molecule has 1 aromatic heterocycles. The molecule has 0 aliphatic rings. The third-order valence-corrected chi connectivity index (χ3v) is 4.32. The predicted octanol–water partition coefficient (Wildman–Crippen LogP) is 3.86. The molecule has 3 aromatic rings. The Morgan fingerprint density at radius 1 is 1.10 bits per heavy atom. The van der Waals surface area contributed by atoms with Gasteiger partial charge in [0.2, 0.25) is 5.16 Å².